The third-order valence-electron chi connectivity index (χ3n) is 3.97. The summed E-state index contributed by atoms with van der Waals surface area (Å²) in [7, 11) is 1.64. The molecule has 1 N–H and O–H groups in total. The molecule has 0 bridgehead atoms. The van der Waals surface area contributed by atoms with E-state index >= 15 is 0 Å². The first-order chi connectivity index (χ1) is 12.5. The zero-order valence-electron chi connectivity index (χ0n) is 14.7. The van der Waals surface area contributed by atoms with Gasteiger partial charge in [0.15, 0.2) is 5.78 Å². The first-order valence-corrected chi connectivity index (χ1v) is 8.23. The van der Waals surface area contributed by atoms with Gasteiger partial charge in [0.05, 0.1) is 7.11 Å². The van der Waals surface area contributed by atoms with Crippen LogP contribution in [0.4, 0.5) is 5.69 Å². The number of fused-ring (bicyclic) bond motifs is 1. The molecule has 3 rings (SSSR count). The lowest BCUT2D eigenvalue weighted by Crippen LogP contribution is -2.06. The Hall–Kier alpha value is -3.40. The fourth-order valence-electron chi connectivity index (χ4n) is 2.69. The number of nitrogens with one attached hydrogen (secondary N) is 1. The van der Waals surface area contributed by atoms with Crippen LogP contribution in [-0.2, 0) is 4.79 Å². The minimum atomic E-state index is -0.169. The summed E-state index contributed by atoms with van der Waals surface area (Å²) in [6.07, 6.45) is 3.33. The van der Waals surface area contributed by atoms with E-state index in [9.17, 15) is 9.59 Å². The van der Waals surface area contributed by atoms with E-state index in [-0.39, 0.29) is 11.7 Å². The Bertz CT molecular complexity index is 1010. The lowest BCUT2D eigenvalue weighted by atomic mass is 10.0. The summed E-state index contributed by atoms with van der Waals surface area (Å²) in [5.41, 5.74) is 2.07. The molecule has 130 valence electrons. The van der Waals surface area contributed by atoms with E-state index in [4.69, 9.17) is 4.74 Å². The Morgan fingerprint density at radius 1 is 0.962 bits per heavy atom. The number of hydrogen-bond donors (Lipinski definition) is 1. The summed E-state index contributed by atoms with van der Waals surface area (Å²) in [6.45, 7) is 1.43. The van der Waals surface area contributed by atoms with Crippen molar-refractivity contribution in [3.05, 3.63) is 77.9 Å². The van der Waals surface area contributed by atoms with E-state index in [2.05, 4.69) is 5.32 Å². The number of anilines is 1. The average molecular weight is 345 g/mol. The van der Waals surface area contributed by atoms with Gasteiger partial charge in [-0.15, -0.1) is 0 Å². The number of methoxy groups -OCH3 is 1. The number of rotatable bonds is 5. The van der Waals surface area contributed by atoms with E-state index < -0.39 is 0 Å². The van der Waals surface area contributed by atoms with Crippen molar-refractivity contribution in [1.29, 1.82) is 0 Å². The molecule has 0 aliphatic rings. The van der Waals surface area contributed by atoms with Gasteiger partial charge in [-0.3, -0.25) is 9.59 Å². The predicted molar refractivity (Wildman–Crippen MR) is 105 cm³/mol. The van der Waals surface area contributed by atoms with Gasteiger partial charge in [0, 0.05) is 18.2 Å². The van der Waals surface area contributed by atoms with Crippen LogP contribution >= 0.6 is 0 Å². The first-order valence-electron chi connectivity index (χ1n) is 8.23. The van der Waals surface area contributed by atoms with Gasteiger partial charge in [-0.1, -0.05) is 36.4 Å². The minimum Gasteiger partial charge on any atom is -0.497 e. The van der Waals surface area contributed by atoms with Crippen LogP contribution in [0, 0.1) is 0 Å². The smallest absolute Gasteiger partial charge is 0.221 e. The van der Waals surface area contributed by atoms with Crippen molar-refractivity contribution in [2.24, 2.45) is 0 Å². The lowest BCUT2D eigenvalue weighted by Gasteiger charge is -2.04. The molecule has 0 atom stereocenters. The van der Waals surface area contributed by atoms with Gasteiger partial charge in [-0.25, -0.2) is 0 Å². The molecular formula is C22H19NO3. The fourth-order valence-corrected chi connectivity index (χ4v) is 2.69. The van der Waals surface area contributed by atoms with Crippen molar-refractivity contribution in [2.75, 3.05) is 12.4 Å². The van der Waals surface area contributed by atoms with Crippen molar-refractivity contribution < 1.29 is 14.3 Å². The van der Waals surface area contributed by atoms with Gasteiger partial charge < -0.3 is 10.1 Å². The van der Waals surface area contributed by atoms with Crippen LogP contribution in [0.25, 0.3) is 16.8 Å². The Balaban J connectivity index is 1.79. The van der Waals surface area contributed by atoms with E-state index in [0.717, 1.165) is 22.1 Å². The van der Waals surface area contributed by atoms with Crippen molar-refractivity contribution >= 4 is 34.2 Å². The average Bonchev–Trinajstić information content (AvgIpc) is 2.65. The molecule has 26 heavy (non-hydrogen) atoms. The molecule has 0 saturated heterocycles. The van der Waals surface area contributed by atoms with Gasteiger partial charge >= 0.3 is 0 Å². The molecule has 1 amide bonds. The molecule has 0 aliphatic heterocycles. The molecule has 4 heteroatoms. The molecule has 0 saturated carbocycles. The Morgan fingerprint density at radius 3 is 2.50 bits per heavy atom. The number of ether oxygens (including phenoxy) is 1. The van der Waals surface area contributed by atoms with E-state index in [0.29, 0.717) is 11.3 Å². The molecule has 3 aromatic carbocycles. The second-order valence-electron chi connectivity index (χ2n) is 5.93. The van der Waals surface area contributed by atoms with Gasteiger partial charge in [0.25, 0.3) is 0 Å². The number of hydrogen-bond acceptors (Lipinski definition) is 3. The quantitative estimate of drug-likeness (QED) is 0.538. The second-order valence-corrected chi connectivity index (χ2v) is 5.93. The zero-order valence-corrected chi connectivity index (χ0v) is 14.7. The van der Waals surface area contributed by atoms with E-state index in [1.165, 1.54) is 13.0 Å². The van der Waals surface area contributed by atoms with Crippen LogP contribution in [0.3, 0.4) is 0 Å². The number of benzene rings is 3. The molecule has 0 heterocycles. The summed E-state index contributed by atoms with van der Waals surface area (Å²) in [6, 6.07) is 18.7. The normalized spacial score (nSPS) is 10.8. The maximum absolute atomic E-state index is 12.4. The highest BCUT2D eigenvalue weighted by Crippen LogP contribution is 2.22. The summed E-state index contributed by atoms with van der Waals surface area (Å²) in [5.74, 6) is 0.528. The predicted octanol–water partition coefficient (Wildman–Crippen LogP) is 4.70. The zero-order chi connectivity index (χ0) is 18.5. The van der Waals surface area contributed by atoms with Crippen molar-refractivity contribution in [1.82, 2.24) is 0 Å². The highest BCUT2D eigenvalue weighted by atomic mass is 16.5. The van der Waals surface area contributed by atoms with E-state index in [1.807, 2.05) is 36.4 Å². The van der Waals surface area contributed by atoms with E-state index in [1.54, 1.807) is 37.5 Å². The molecule has 0 aromatic heterocycles. The van der Waals surface area contributed by atoms with Gasteiger partial charge in [-0.05, 0) is 52.7 Å². The van der Waals surface area contributed by atoms with Crippen LogP contribution in [0.15, 0.2) is 66.7 Å². The number of carbonyl (C=O) groups excluding carboxylic acids is 2. The van der Waals surface area contributed by atoms with Gasteiger partial charge in [0.1, 0.15) is 5.75 Å². The monoisotopic (exact) mass is 345 g/mol. The van der Waals surface area contributed by atoms with Crippen LogP contribution in [0.5, 0.6) is 5.75 Å². The standard InChI is InChI=1S/C22H19NO3/c1-15(24)23-20-5-3-4-19(13-20)22(25)11-7-16-6-8-18-14-21(26-2)10-9-17(18)12-16/h3-14H,1-2H3,(H,23,24). The Kier molecular flexibility index (Phi) is 5.13. The van der Waals surface area contributed by atoms with Crippen molar-refractivity contribution in [2.45, 2.75) is 6.92 Å². The molecule has 3 aromatic rings. The molecule has 0 radical (unpaired) electrons. The summed E-state index contributed by atoms with van der Waals surface area (Å²) in [5, 5.41) is 4.83. The molecule has 0 spiro atoms. The third kappa shape index (κ3) is 4.16. The highest BCUT2D eigenvalue weighted by molar-refractivity contribution is 6.07. The molecular weight excluding hydrogens is 326 g/mol. The maximum atomic E-state index is 12.4. The fraction of sp³-hybridized carbons (Fsp3) is 0.0909. The van der Waals surface area contributed by atoms with Crippen LogP contribution in [0.1, 0.15) is 22.8 Å². The van der Waals surface area contributed by atoms with Crippen LogP contribution < -0.4 is 10.1 Å². The maximum Gasteiger partial charge on any atom is 0.221 e. The van der Waals surface area contributed by atoms with Crippen LogP contribution in [0.2, 0.25) is 0 Å². The summed E-state index contributed by atoms with van der Waals surface area (Å²) >= 11 is 0. The number of amides is 1. The highest BCUT2D eigenvalue weighted by Gasteiger charge is 2.04. The molecule has 0 aliphatic carbocycles. The minimum absolute atomic E-state index is 0.118. The van der Waals surface area contributed by atoms with Gasteiger partial charge in [-0.2, -0.15) is 0 Å². The largest absolute Gasteiger partial charge is 0.497 e. The lowest BCUT2D eigenvalue weighted by molar-refractivity contribution is -0.114. The summed E-state index contributed by atoms with van der Waals surface area (Å²) < 4.78 is 5.23. The molecule has 0 fully saturated rings. The topological polar surface area (TPSA) is 55.4 Å². The number of allylic oxidation sites excluding steroid dienone is 1. The number of ketones is 1. The molecule has 4 nitrogen and oxygen atoms in total. The Morgan fingerprint density at radius 2 is 1.73 bits per heavy atom. The summed E-state index contributed by atoms with van der Waals surface area (Å²) in [4.78, 5) is 23.5. The van der Waals surface area contributed by atoms with Crippen molar-refractivity contribution in [3.63, 3.8) is 0 Å². The first kappa shape index (κ1) is 17.4. The third-order valence-corrected chi connectivity index (χ3v) is 3.97. The van der Waals surface area contributed by atoms with Gasteiger partial charge in [0.2, 0.25) is 5.91 Å². The SMILES string of the molecule is COc1ccc2cc(C=CC(=O)c3cccc(NC(C)=O)c3)ccc2c1. The van der Waals surface area contributed by atoms with Crippen molar-refractivity contribution in [3.8, 4) is 5.75 Å². The molecule has 0 unspecified atom stereocenters. The van der Waals surface area contributed by atoms with Crippen LogP contribution in [-0.4, -0.2) is 18.8 Å². The number of carbonyl (C=O) groups is 2. The Labute approximate surface area is 152 Å². The second kappa shape index (κ2) is 7.66.